The average molecular weight is 308 g/mol. The van der Waals surface area contributed by atoms with Crippen molar-refractivity contribution in [1.82, 2.24) is 5.32 Å². The van der Waals surface area contributed by atoms with Gasteiger partial charge in [-0.2, -0.15) is 0 Å². The minimum atomic E-state index is -0.427. The maximum atomic E-state index is 13.1. The van der Waals surface area contributed by atoms with E-state index in [1.54, 1.807) is 24.3 Å². The minimum absolute atomic E-state index is 0.0802. The highest BCUT2D eigenvalue weighted by atomic mass is 35.5. The normalized spacial score (nSPS) is 11.8. The summed E-state index contributed by atoms with van der Waals surface area (Å²) >= 11 is 11.0. The number of rotatable bonds is 3. The van der Waals surface area contributed by atoms with E-state index in [-0.39, 0.29) is 11.1 Å². The fraction of sp³-hybridized carbons (Fsp3) is 0.133. The highest BCUT2D eigenvalue weighted by Gasteiger charge is 2.09. The number of nitrogens with one attached hydrogen (secondary N) is 2. The molecular weight excluding hydrogens is 295 g/mol. The second-order valence-corrected chi connectivity index (χ2v) is 5.10. The van der Waals surface area contributed by atoms with Gasteiger partial charge in [0.25, 0.3) is 0 Å². The standard InChI is InChI=1S/C15H13ClFN2S/c1-10(11-7-8-14(17)13(16)9-11)18-15(20)19-12-5-3-2-4-6-12/h3-10H,1H3,(H2,18,19,20). The van der Waals surface area contributed by atoms with Crippen LogP contribution in [0, 0.1) is 11.9 Å². The SMILES string of the molecule is CC(NC(=S)Nc1cc[c]cc1)c1ccc(F)c(Cl)c1. The molecule has 1 atom stereocenters. The van der Waals surface area contributed by atoms with Crippen molar-refractivity contribution in [3.05, 3.63) is 64.9 Å². The van der Waals surface area contributed by atoms with Gasteiger partial charge in [-0.05, 0) is 55.0 Å². The number of benzene rings is 2. The van der Waals surface area contributed by atoms with E-state index in [9.17, 15) is 4.39 Å². The van der Waals surface area contributed by atoms with Crippen molar-refractivity contribution >= 4 is 34.6 Å². The van der Waals surface area contributed by atoms with Crippen molar-refractivity contribution in [3.8, 4) is 0 Å². The van der Waals surface area contributed by atoms with Crippen LogP contribution in [-0.2, 0) is 0 Å². The molecule has 2 aromatic carbocycles. The summed E-state index contributed by atoms with van der Waals surface area (Å²) in [4.78, 5) is 0. The molecule has 0 aliphatic carbocycles. The third kappa shape index (κ3) is 3.92. The molecule has 0 amide bonds. The molecule has 0 aliphatic rings. The van der Waals surface area contributed by atoms with E-state index in [0.717, 1.165) is 11.3 Å². The van der Waals surface area contributed by atoms with E-state index in [2.05, 4.69) is 16.7 Å². The molecule has 0 spiro atoms. The fourth-order valence-electron chi connectivity index (χ4n) is 1.70. The molecule has 0 bridgehead atoms. The van der Waals surface area contributed by atoms with Crippen LogP contribution in [-0.4, -0.2) is 5.11 Å². The van der Waals surface area contributed by atoms with E-state index >= 15 is 0 Å². The molecule has 103 valence electrons. The Hall–Kier alpha value is -1.65. The topological polar surface area (TPSA) is 24.1 Å². The highest BCUT2D eigenvalue weighted by molar-refractivity contribution is 7.80. The van der Waals surface area contributed by atoms with Gasteiger partial charge in [0.15, 0.2) is 5.11 Å². The van der Waals surface area contributed by atoms with E-state index in [4.69, 9.17) is 23.8 Å². The summed E-state index contributed by atoms with van der Waals surface area (Å²) in [6.07, 6.45) is 0. The van der Waals surface area contributed by atoms with Crippen LogP contribution in [0.15, 0.2) is 42.5 Å². The Kier molecular flexibility index (Phi) is 4.93. The van der Waals surface area contributed by atoms with Gasteiger partial charge in [-0.15, -0.1) is 0 Å². The zero-order valence-electron chi connectivity index (χ0n) is 10.8. The average Bonchev–Trinajstić information content (AvgIpc) is 2.42. The molecule has 2 N–H and O–H groups in total. The minimum Gasteiger partial charge on any atom is -0.356 e. The first-order chi connectivity index (χ1) is 9.56. The van der Waals surface area contributed by atoms with Crippen molar-refractivity contribution in [2.24, 2.45) is 0 Å². The van der Waals surface area contributed by atoms with E-state index in [1.165, 1.54) is 6.07 Å². The Morgan fingerprint density at radius 2 is 2.00 bits per heavy atom. The van der Waals surface area contributed by atoms with Crippen molar-refractivity contribution in [2.45, 2.75) is 13.0 Å². The van der Waals surface area contributed by atoms with Crippen LogP contribution in [0.25, 0.3) is 0 Å². The lowest BCUT2D eigenvalue weighted by Crippen LogP contribution is -2.30. The molecule has 20 heavy (non-hydrogen) atoms. The van der Waals surface area contributed by atoms with Gasteiger partial charge in [-0.3, -0.25) is 0 Å². The maximum Gasteiger partial charge on any atom is 0.171 e. The van der Waals surface area contributed by atoms with Gasteiger partial charge in [0.2, 0.25) is 0 Å². The predicted molar refractivity (Wildman–Crippen MR) is 84.5 cm³/mol. The summed E-state index contributed by atoms with van der Waals surface area (Å²) in [5.41, 5.74) is 1.74. The second-order valence-electron chi connectivity index (χ2n) is 4.28. The summed E-state index contributed by atoms with van der Waals surface area (Å²) in [5.74, 6) is -0.427. The van der Waals surface area contributed by atoms with Gasteiger partial charge in [0, 0.05) is 5.69 Å². The number of hydrogen-bond donors (Lipinski definition) is 2. The lowest BCUT2D eigenvalue weighted by molar-refractivity contribution is 0.625. The Morgan fingerprint density at radius 3 is 2.65 bits per heavy atom. The van der Waals surface area contributed by atoms with E-state index in [1.807, 2.05) is 19.1 Å². The first kappa shape index (κ1) is 14.8. The van der Waals surface area contributed by atoms with Crippen LogP contribution in [0.2, 0.25) is 5.02 Å². The van der Waals surface area contributed by atoms with Crippen LogP contribution >= 0.6 is 23.8 Å². The lowest BCUT2D eigenvalue weighted by Gasteiger charge is -2.17. The van der Waals surface area contributed by atoms with Gasteiger partial charge in [0.1, 0.15) is 5.82 Å². The Morgan fingerprint density at radius 1 is 1.30 bits per heavy atom. The fourth-order valence-corrected chi connectivity index (χ4v) is 2.18. The van der Waals surface area contributed by atoms with Crippen molar-refractivity contribution in [2.75, 3.05) is 5.32 Å². The molecule has 0 aliphatic heterocycles. The number of hydrogen-bond acceptors (Lipinski definition) is 1. The molecule has 0 saturated carbocycles. The lowest BCUT2D eigenvalue weighted by atomic mass is 10.1. The van der Waals surface area contributed by atoms with Crippen LogP contribution < -0.4 is 10.6 Å². The molecule has 0 aromatic heterocycles. The predicted octanol–water partition coefficient (Wildman–Crippen LogP) is 4.33. The zero-order valence-corrected chi connectivity index (χ0v) is 12.4. The number of anilines is 1. The molecule has 5 heteroatoms. The number of halogens is 2. The Labute approximate surface area is 128 Å². The smallest absolute Gasteiger partial charge is 0.171 e. The van der Waals surface area contributed by atoms with E-state index in [0.29, 0.717) is 5.11 Å². The Bertz CT molecular complexity index is 604. The molecule has 0 heterocycles. The summed E-state index contributed by atoms with van der Waals surface area (Å²) in [7, 11) is 0. The van der Waals surface area contributed by atoms with Gasteiger partial charge < -0.3 is 10.6 Å². The Balaban J connectivity index is 1.98. The van der Waals surface area contributed by atoms with Crippen molar-refractivity contribution < 1.29 is 4.39 Å². The van der Waals surface area contributed by atoms with Gasteiger partial charge >= 0.3 is 0 Å². The van der Waals surface area contributed by atoms with Gasteiger partial charge in [0.05, 0.1) is 11.1 Å². The summed E-state index contributed by atoms with van der Waals surface area (Å²) < 4.78 is 13.1. The maximum absolute atomic E-state index is 13.1. The molecule has 0 saturated heterocycles. The number of thiocarbonyl (C=S) groups is 1. The quantitative estimate of drug-likeness (QED) is 0.826. The summed E-state index contributed by atoms with van der Waals surface area (Å²) in [6, 6.07) is 14.8. The molecular formula is C15H13ClFN2S. The largest absolute Gasteiger partial charge is 0.356 e. The summed E-state index contributed by atoms with van der Waals surface area (Å²) in [6.45, 7) is 1.93. The molecule has 2 rings (SSSR count). The third-order valence-electron chi connectivity index (χ3n) is 2.77. The molecule has 0 fully saturated rings. The molecule has 2 aromatic rings. The first-order valence-electron chi connectivity index (χ1n) is 6.05. The van der Waals surface area contributed by atoms with Crippen molar-refractivity contribution in [1.29, 1.82) is 0 Å². The molecule has 2 nitrogen and oxygen atoms in total. The molecule has 1 unspecified atom stereocenters. The third-order valence-corrected chi connectivity index (χ3v) is 3.28. The highest BCUT2D eigenvalue weighted by Crippen LogP contribution is 2.20. The van der Waals surface area contributed by atoms with Gasteiger partial charge in [-0.25, -0.2) is 4.39 Å². The summed E-state index contributed by atoms with van der Waals surface area (Å²) in [5, 5.41) is 6.78. The first-order valence-corrected chi connectivity index (χ1v) is 6.83. The second kappa shape index (κ2) is 6.68. The van der Waals surface area contributed by atoms with Crippen LogP contribution in [0.5, 0.6) is 0 Å². The van der Waals surface area contributed by atoms with Crippen LogP contribution in [0.4, 0.5) is 10.1 Å². The van der Waals surface area contributed by atoms with Crippen molar-refractivity contribution in [3.63, 3.8) is 0 Å². The zero-order chi connectivity index (χ0) is 14.5. The molecule has 1 radical (unpaired) electrons. The van der Waals surface area contributed by atoms with E-state index < -0.39 is 5.82 Å². The monoisotopic (exact) mass is 307 g/mol. The van der Waals surface area contributed by atoms with Crippen LogP contribution in [0.1, 0.15) is 18.5 Å². The van der Waals surface area contributed by atoms with Crippen LogP contribution in [0.3, 0.4) is 0 Å². The van der Waals surface area contributed by atoms with Gasteiger partial charge in [-0.1, -0.05) is 29.8 Å².